The van der Waals surface area contributed by atoms with Gasteiger partial charge < -0.3 is 15.2 Å². The van der Waals surface area contributed by atoms with Crippen LogP contribution in [0.25, 0.3) is 0 Å². The molecule has 5 heteroatoms. The lowest BCUT2D eigenvalue weighted by molar-refractivity contribution is 0.0947. The Hall–Kier alpha value is -2.56. The van der Waals surface area contributed by atoms with Crippen LogP contribution in [-0.2, 0) is 6.54 Å². The fourth-order valence-electron chi connectivity index (χ4n) is 1.62. The molecule has 1 aromatic heterocycles. The SMILES string of the molecule is COc1cnccc1C(=O)NCc1ccc(O)cc1. The van der Waals surface area contributed by atoms with Gasteiger partial charge in [-0.25, -0.2) is 0 Å². The quantitative estimate of drug-likeness (QED) is 0.876. The molecule has 0 unspecified atom stereocenters. The minimum absolute atomic E-state index is 0.200. The van der Waals surface area contributed by atoms with Crippen molar-refractivity contribution in [2.45, 2.75) is 6.54 Å². The van der Waals surface area contributed by atoms with Gasteiger partial charge in [0, 0.05) is 12.7 Å². The molecule has 2 N–H and O–H groups in total. The van der Waals surface area contributed by atoms with Gasteiger partial charge in [0.1, 0.15) is 11.5 Å². The molecule has 0 aliphatic heterocycles. The molecular weight excluding hydrogens is 244 g/mol. The van der Waals surface area contributed by atoms with Gasteiger partial charge in [-0.3, -0.25) is 9.78 Å². The van der Waals surface area contributed by atoms with Crippen molar-refractivity contribution in [2.75, 3.05) is 7.11 Å². The number of phenolic OH excluding ortho intramolecular Hbond substituents is 1. The first kappa shape index (κ1) is 12.9. The zero-order valence-corrected chi connectivity index (χ0v) is 10.5. The van der Waals surface area contributed by atoms with E-state index in [9.17, 15) is 4.79 Å². The van der Waals surface area contributed by atoms with Crippen molar-refractivity contribution in [3.05, 3.63) is 53.9 Å². The highest BCUT2D eigenvalue weighted by Gasteiger charge is 2.11. The van der Waals surface area contributed by atoms with Gasteiger partial charge in [0.2, 0.25) is 0 Å². The second-order valence-electron chi connectivity index (χ2n) is 3.93. The average Bonchev–Trinajstić information content (AvgIpc) is 2.46. The highest BCUT2D eigenvalue weighted by Crippen LogP contribution is 2.15. The van der Waals surface area contributed by atoms with E-state index in [-0.39, 0.29) is 11.7 Å². The number of pyridine rings is 1. The van der Waals surface area contributed by atoms with E-state index < -0.39 is 0 Å². The molecule has 5 nitrogen and oxygen atoms in total. The standard InChI is InChI=1S/C14H14N2O3/c1-19-13-9-15-7-6-12(13)14(18)16-8-10-2-4-11(17)5-3-10/h2-7,9,17H,8H2,1H3,(H,16,18). The Morgan fingerprint density at radius 3 is 2.74 bits per heavy atom. The molecule has 1 heterocycles. The summed E-state index contributed by atoms with van der Waals surface area (Å²) in [5.41, 5.74) is 1.34. The number of hydrogen-bond acceptors (Lipinski definition) is 4. The minimum atomic E-state index is -0.229. The van der Waals surface area contributed by atoms with Crippen LogP contribution in [0.3, 0.4) is 0 Å². The number of aromatic hydroxyl groups is 1. The van der Waals surface area contributed by atoms with E-state index in [2.05, 4.69) is 10.3 Å². The van der Waals surface area contributed by atoms with Crippen molar-refractivity contribution in [3.8, 4) is 11.5 Å². The van der Waals surface area contributed by atoms with Crippen LogP contribution in [0.4, 0.5) is 0 Å². The molecule has 98 valence electrons. The van der Waals surface area contributed by atoms with Gasteiger partial charge in [0.25, 0.3) is 5.91 Å². The highest BCUT2D eigenvalue weighted by molar-refractivity contribution is 5.96. The van der Waals surface area contributed by atoms with Crippen molar-refractivity contribution < 1.29 is 14.6 Å². The number of nitrogens with one attached hydrogen (secondary N) is 1. The number of phenols is 1. The summed E-state index contributed by atoms with van der Waals surface area (Å²) in [6.07, 6.45) is 3.04. The topological polar surface area (TPSA) is 71.5 Å². The molecule has 0 saturated carbocycles. The minimum Gasteiger partial charge on any atom is -0.508 e. The Morgan fingerprint density at radius 2 is 2.05 bits per heavy atom. The van der Waals surface area contributed by atoms with Crippen molar-refractivity contribution in [1.82, 2.24) is 10.3 Å². The largest absolute Gasteiger partial charge is 0.508 e. The van der Waals surface area contributed by atoms with Gasteiger partial charge >= 0.3 is 0 Å². The number of benzene rings is 1. The van der Waals surface area contributed by atoms with E-state index in [0.29, 0.717) is 17.9 Å². The third-order valence-corrected chi connectivity index (χ3v) is 2.64. The number of nitrogens with zero attached hydrogens (tertiary/aromatic N) is 1. The zero-order valence-electron chi connectivity index (χ0n) is 10.5. The Kier molecular flexibility index (Phi) is 3.97. The Balaban J connectivity index is 2.03. The summed E-state index contributed by atoms with van der Waals surface area (Å²) in [6, 6.07) is 8.26. The monoisotopic (exact) mass is 258 g/mol. The molecule has 0 aliphatic rings. The Morgan fingerprint density at radius 1 is 1.32 bits per heavy atom. The van der Waals surface area contributed by atoms with Crippen LogP contribution >= 0.6 is 0 Å². The maximum absolute atomic E-state index is 12.0. The first-order valence-electron chi connectivity index (χ1n) is 5.75. The second-order valence-corrected chi connectivity index (χ2v) is 3.93. The first-order valence-corrected chi connectivity index (χ1v) is 5.75. The average molecular weight is 258 g/mol. The maximum Gasteiger partial charge on any atom is 0.255 e. The number of hydrogen-bond donors (Lipinski definition) is 2. The lowest BCUT2D eigenvalue weighted by Crippen LogP contribution is -2.23. The summed E-state index contributed by atoms with van der Waals surface area (Å²) in [4.78, 5) is 15.9. The normalized spacial score (nSPS) is 9.95. The van der Waals surface area contributed by atoms with Crippen molar-refractivity contribution in [1.29, 1.82) is 0 Å². The van der Waals surface area contributed by atoms with E-state index in [0.717, 1.165) is 5.56 Å². The van der Waals surface area contributed by atoms with E-state index in [1.54, 1.807) is 30.3 Å². The van der Waals surface area contributed by atoms with Crippen LogP contribution in [0, 0.1) is 0 Å². The molecule has 2 aromatic rings. The van der Waals surface area contributed by atoms with E-state index in [4.69, 9.17) is 9.84 Å². The number of ether oxygens (including phenoxy) is 1. The number of carbonyl (C=O) groups is 1. The predicted octanol–water partition coefficient (Wildman–Crippen LogP) is 1.73. The number of aromatic nitrogens is 1. The fourth-order valence-corrected chi connectivity index (χ4v) is 1.62. The van der Waals surface area contributed by atoms with E-state index in [1.807, 2.05) is 0 Å². The maximum atomic E-state index is 12.0. The van der Waals surface area contributed by atoms with Gasteiger partial charge in [0.05, 0.1) is 18.9 Å². The van der Waals surface area contributed by atoms with Gasteiger partial charge in [-0.05, 0) is 23.8 Å². The fraction of sp³-hybridized carbons (Fsp3) is 0.143. The van der Waals surface area contributed by atoms with E-state index in [1.165, 1.54) is 19.5 Å². The van der Waals surface area contributed by atoms with Crippen molar-refractivity contribution in [3.63, 3.8) is 0 Å². The molecule has 0 bridgehead atoms. The molecule has 19 heavy (non-hydrogen) atoms. The summed E-state index contributed by atoms with van der Waals surface area (Å²) in [6.45, 7) is 0.380. The third-order valence-electron chi connectivity index (χ3n) is 2.64. The highest BCUT2D eigenvalue weighted by atomic mass is 16.5. The Bertz CT molecular complexity index is 567. The molecule has 0 radical (unpaired) electrons. The van der Waals surface area contributed by atoms with Crippen LogP contribution in [0.15, 0.2) is 42.7 Å². The molecule has 1 aromatic carbocycles. The van der Waals surface area contributed by atoms with Crippen molar-refractivity contribution >= 4 is 5.91 Å². The molecule has 2 rings (SSSR count). The smallest absolute Gasteiger partial charge is 0.255 e. The lowest BCUT2D eigenvalue weighted by Gasteiger charge is -2.08. The van der Waals surface area contributed by atoms with Crippen LogP contribution in [-0.4, -0.2) is 23.1 Å². The lowest BCUT2D eigenvalue weighted by atomic mass is 10.2. The summed E-state index contributed by atoms with van der Waals surface area (Å²) >= 11 is 0. The Labute approximate surface area is 110 Å². The second kappa shape index (κ2) is 5.86. The summed E-state index contributed by atoms with van der Waals surface area (Å²) in [5.74, 6) is 0.406. The van der Waals surface area contributed by atoms with Crippen LogP contribution in [0.2, 0.25) is 0 Å². The van der Waals surface area contributed by atoms with Gasteiger partial charge in [-0.2, -0.15) is 0 Å². The first-order chi connectivity index (χ1) is 9.20. The van der Waals surface area contributed by atoms with Gasteiger partial charge in [-0.15, -0.1) is 0 Å². The molecule has 0 atom stereocenters. The summed E-state index contributed by atoms with van der Waals surface area (Å²) < 4.78 is 5.08. The third kappa shape index (κ3) is 3.22. The van der Waals surface area contributed by atoms with Gasteiger partial charge in [0.15, 0.2) is 0 Å². The molecule has 0 saturated heterocycles. The summed E-state index contributed by atoms with van der Waals surface area (Å²) in [7, 11) is 1.49. The molecule has 1 amide bonds. The van der Waals surface area contributed by atoms with E-state index >= 15 is 0 Å². The number of rotatable bonds is 4. The number of carbonyl (C=O) groups excluding carboxylic acids is 1. The van der Waals surface area contributed by atoms with Crippen LogP contribution in [0.5, 0.6) is 11.5 Å². The molecular formula is C14H14N2O3. The summed E-state index contributed by atoms with van der Waals surface area (Å²) in [5, 5.41) is 12.0. The predicted molar refractivity (Wildman–Crippen MR) is 70.1 cm³/mol. The number of amides is 1. The molecule has 0 aliphatic carbocycles. The molecule has 0 fully saturated rings. The number of methoxy groups -OCH3 is 1. The van der Waals surface area contributed by atoms with Gasteiger partial charge in [-0.1, -0.05) is 12.1 Å². The zero-order chi connectivity index (χ0) is 13.7. The van der Waals surface area contributed by atoms with Crippen LogP contribution in [0.1, 0.15) is 15.9 Å². The molecule has 0 spiro atoms. The van der Waals surface area contributed by atoms with Crippen molar-refractivity contribution in [2.24, 2.45) is 0 Å². The van der Waals surface area contributed by atoms with Crippen LogP contribution < -0.4 is 10.1 Å².